The molecule has 0 radical (unpaired) electrons. The summed E-state index contributed by atoms with van der Waals surface area (Å²) in [5.74, 6) is 1.74. The summed E-state index contributed by atoms with van der Waals surface area (Å²) in [5, 5.41) is 6.13. The number of nitrogens with one attached hydrogen (secondary N) is 1. The molecule has 0 aliphatic rings. The Morgan fingerprint density at radius 3 is 2.88 bits per heavy atom. The average Bonchev–Trinajstić information content (AvgIpc) is 3.29. The third kappa shape index (κ3) is 5.71. The molecule has 2 heterocycles. The van der Waals surface area contributed by atoms with Crippen molar-refractivity contribution in [2.75, 3.05) is 12.3 Å². The third-order valence-corrected chi connectivity index (χ3v) is 5.60. The van der Waals surface area contributed by atoms with E-state index in [0.717, 1.165) is 34.8 Å². The molecule has 7 heteroatoms. The van der Waals surface area contributed by atoms with E-state index in [4.69, 9.17) is 4.42 Å². The highest BCUT2D eigenvalue weighted by Crippen LogP contribution is 2.20. The SMILES string of the molecule is Cc1csc(CCCNC(=O)CSCc2coc(-c3ccccc3)n2)n1. The summed E-state index contributed by atoms with van der Waals surface area (Å²) < 4.78 is 5.50. The van der Waals surface area contributed by atoms with E-state index in [2.05, 4.69) is 20.7 Å². The molecule has 0 unspecified atom stereocenters. The molecule has 0 bridgehead atoms. The Labute approximate surface area is 161 Å². The van der Waals surface area contributed by atoms with Gasteiger partial charge in [0.15, 0.2) is 0 Å². The Hall–Kier alpha value is -2.12. The fourth-order valence-electron chi connectivity index (χ4n) is 2.37. The lowest BCUT2D eigenvalue weighted by Gasteiger charge is -2.03. The van der Waals surface area contributed by atoms with Crippen molar-refractivity contribution < 1.29 is 9.21 Å². The van der Waals surface area contributed by atoms with Crippen LogP contribution in [0.3, 0.4) is 0 Å². The lowest BCUT2D eigenvalue weighted by atomic mass is 10.2. The van der Waals surface area contributed by atoms with E-state index in [0.29, 0.717) is 23.9 Å². The Bertz CT molecular complexity index is 830. The van der Waals surface area contributed by atoms with E-state index in [1.54, 1.807) is 17.6 Å². The zero-order valence-electron chi connectivity index (χ0n) is 14.6. The van der Waals surface area contributed by atoms with Gasteiger partial charge in [0.1, 0.15) is 6.26 Å². The summed E-state index contributed by atoms with van der Waals surface area (Å²) in [6.45, 7) is 2.68. The maximum Gasteiger partial charge on any atom is 0.230 e. The third-order valence-electron chi connectivity index (χ3n) is 3.61. The lowest BCUT2D eigenvalue weighted by Crippen LogP contribution is -2.26. The number of thioether (sulfide) groups is 1. The van der Waals surface area contributed by atoms with E-state index >= 15 is 0 Å². The van der Waals surface area contributed by atoms with Crippen LogP contribution in [0.15, 0.2) is 46.4 Å². The molecule has 26 heavy (non-hydrogen) atoms. The molecule has 1 amide bonds. The smallest absolute Gasteiger partial charge is 0.230 e. The number of rotatable bonds is 9. The first-order chi connectivity index (χ1) is 12.7. The molecule has 0 fully saturated rings. The van der Waals surface area contributed by atoms with Crippen molar-refractivity contribution in [3.8, 4) is 11.5 Å². The zero-order valence-corrected chi connectivity index (χ0v) is 16.2. The first-order valence-electron chi connectivity index (χ1n) is 8.46. The van der Waals surface area contributed by atoms with Crippen LogP contribution in [-0.4, -0.2) is 28.2 Å². The van der Waals surface area contributed by atoms with Crippen LogP contribution in [0.4, 0.5) is 0 Å². The van der Waals surface area contributed by atoms with Gasteiger partial charge in [0, 0.05) is 35.4 Å². The number of nitrogens with zero attached hydrogens (tertiary/aromatic N) is 2. The average molecular weight is 388 g/mol. The van der Waals surface area contributed by atoms with Gasteiger partial charge in [-0.25, -0.2) is 9.97 Å². The molecule has 3 rings (SSSR count). The quantitative estimate of drug-likeness (QED) is 0.560. The Balaban J connectivity index is 1.32. The Kier molecular flexibility index (Phi) is 6.85. The zero-order chi connectivity index (χ0) is 18.2. The number of aromatic nitrogens is 2. The molecule has 0 spiro atoms. The summed E-state index contributed by atoms with van der Waals surface area (Å²) >= 11 is 3.21. The summed E-state index contributed by atoms with van der Waals surface area (Å²) in [7, 11) is 0. The van der Waals surface area contributed by atoms with E-state index in [1.165, 1.54) is 11.8 Å². The van der Waals surface area contributed by atoms with Gasteiger partial charge in [-0.05, 0) is 25.5 Å². The number of thiazole rings is 1. The number of oxazole rings is 1. The fraction of sp³-hybridized carbons (Fsp3) is 0.316. The van der Waals surface area contributed by atoms with Crippen molar-refractivity contribution in [3.05, 3.63) is 58.4 Å². The van der Waals surface area contributed by atoms with Crippen molar-refractivity contribution in [2.45, 2.75) is 25.5 Å². The van der Waals surface area contributed by atoms with Gasteiger partial charge in [-0.15, -0.1) is 23.1 Å². The number of benzene rings is 1. The minimum atomic E-state index is 0.0529. The molecule has 0 atom stereocenters. The van der Waals surface area contributed by atoms with Crippen LogP contribution in [0.2, 0.25) is 0 Å². The number of carbonyl (C=O) groups is 1. The van der Waals surface area contributed by atoms with Crippen molar-refractivity contribution in [1.82, 2.24) is 15.3 Å². The summed E-state index contributed by atoms with van der Waals surface area (Å²) in [4.78, 5) is 20.8. The topological polar surface area (TPSA) is 68.0 Å². The van der Waals surface area contributed by atoms with Crippen molar-refractivity contribution in [1.29, 1.82) is 0 Å². The van der Waals surface area contributed by atoms with Crippen LogP contribution < -0.4 is 5.32 Å². The predicted octanol–water partition coefficient (Wildman–Crippen LogP) is 4.09. The summed E-state index contributed by atoms with van der Waals surface area (Å²) in [6.07, 6.45) is 3.48. The molecular formula is C19H21N3O2S2. The number of carbonyl (C=O) groups excluding carboxylic acids is 1. The van der Waals surface area contributed by atoms with E-state index in [1.807, 2.05) is 37.3 Å². The summed E-state index contributed by atoms with van der Waals surface area (Å²) in [6, 6.07) is 9.79. The van der Waals surface area contributed by atoms with Crippen LogP contribution in [0.25, 0.3) is 11.5 Å². The Morgan fingerprint density at radius 1 is 1.27 bits per heavy atom. The van der Waals surface area contributed by atoms with Crippen LogP contribution in [0, 0.1) is 6.92 Å². The van der Waals surface area contributed by atoms with Crippen molar-refractivity contribution >= 4 is 29.0 Å². The molecule has 0 aliphatic carbocycles. The van der Waals surface area contributed by atoms with Gasteiger partial charge in [-0.3, -0.25) is 4.79 Å². The van der Waals surface area contributed by atoms with Crippen LogP contribution >= 0.6 is 23.1 Å². The van der Waals surface area contributed by atoms with Gasteiger partial charge in [0.25, 0.3) is 0 Å². The van der Waals surface area contributed by atoms with Crippen LogP contribution in [0.1, 0.15) is 22.8 Å². The molecular weight excluding hydrogens is 366 g/mol. The lowest BCUT2D eigenvalue weighted by molar-refractivity contribution is -0.118. The number of hydrogen-bond donors (Lipinski definition) is 1. The molecule has 0 saturated heterocycles. The van der Waals surface area contributed by atoms with E-state index in [9.17, 15) is 4.79 Å². The number of amides is 1. The second-order valence-electron chi connectivity index (χ2n) is 5.84. The normalized spacial score (nSPS) is 10.8. The van der Waals surface area contributed by atoms with Crippen molar-refractivity contribution in [2.24, 2.45) is 0 Å². The van der Waals surface area contributed by atoms with Gasteiger partial charge >= 0.3 is 0 Å². The molecule has 0 aliphatic heterocycles. The largest absolute Gasteiger partial charge is 0.444 e. The minimum Gasteiger partial charge on any atom is -0.444 e. The van der Waals surface area contributed by atoms with E-state index in [-0.39, 0.29) is 5.91 Å². The maximum atomic E-state index is 11.9. The molecule has 0 saturated carbocycles. The van der Waals surface area contributed by atoms with Crippen LogP contribution in [0.5, 0.6) is 0 Å². The van der Waals surface area contributed by atoms with E-state index < -0.39 is 0 Å². The standard InChI is InChI=1S/C19H21N3O2S2/c1-14-11-26-18(21-14)8-5-9-20-17(23)13-25-12-16-10-24-19(22-16)15-6-3-2-4-7-15/h2-4,6-7,10-11H,5,8-9,12-13H2,1H3,(H,20,23). The molecule has 5 nitrogen and oxygen atoms in total. The first kappa shape index (κ1) is 18.7. The summed E-state index contributed by atoms with van der Waals surface area (Å²) in [5.41, 5.74) is 2.87. The Morgan fingerprint density at radius 2 is 2.12 bits per heavy atom. The second-order valence-corrected chi connectivity index (χ2v) is 7.77. The highest BCUT2D eigenvalue weighted by atomic mass is 32.2. The van der Waals surface area contributed by atoms with Gasteiger partial charge in [0.2, 0.25) is 11.8 Å². The minimum absolute atomic E-state index is 0.0529. The second kappa shape index (κ2) is 9.54. The monoisotopic (exact) mass is 387 g/mol. The first-order valence-corrected chi connectivity index (χ1v) is 10.5. The molecule has 3 aromatic rings. The van der Waals surface area contributed by atoms with Gasteiger partial charge in [-0.1, -0.05) is 18.2 Å². The van der Waals surface area contributed by atoms with Crippen molar-refractivity contribution in [3.63, 3.8) is 0 Å². The highest BCUT2D eigenvalue weighted by Gasteiger charge is 2.08. The molecule has 1 N–H and O–H groups in total. The molecule has 1 aromatic carbocycles. The van der Waals surface area contributed by atoms with Crippen LogP contribution in [-0.2, 0) is 17.0 Å². The number of aryl methyl sites for hydroxylation is 2. The van der Waals surface area contributed by atoms with Gasteiger partial charge in [-0.2, -0.15) is 0 Å². The number of hydrogen-bond acceptors (Lipinski definition) is 6. The maximum absolute atomic E-state index is 11.9. The fourth-order valence-corrected chi connectivity index (χ4v) is 3.92. The molecule has 136 valence electrons. The van der Waals surface area contributed by atoms with Gasteiger partial charge < -0.3 is 9.73 Å². The predicted molar refractivity (Wildman–Crippen MR) is 106 cm³/mol. The van der Waals surface area contributed by atoms with Gasteiger partial charge in [0.05, 0.1) is 16.5 Å². The molecule has 2 aromatic heterocycles. The highest BCUT2D eigenvalue weighted by molar-refractivity contribution is 7.99.